The van der Waals surface area contributed by atoms with E-state index in [0.717, 1.165) is 5.92 Å². The van der Waals surface area contributed by atoms with Crippen LogP contribution in [-0.4, -0.2) is 50.6 Å². The Bertz CT molecular complexity index is 113. The van der Waals surface area contributed by atoms with Gasteiger partial charge >= 0.3 is 0 Å². The Morgan fingerprint density at radius 3 is 1.93 bits per heavy atom. The van der Waals surface area contributed by atoms with Crippen molar-refractivity contribution < 1.29 is 0 Å². The van der Waals surface area contributed by atoms with Gasteiger partial charge in [0, 0.05) is 13.1 Å². The van der Waals surface area contributed by atoms with Gasteiger partial charge in [0.2, 0.25) is 0 Å². The summed E-state index contributed by atoms with van der Waals surface area (Å²) < 4.78 is 0. The number of rotatable bonds is 7. The lowest BCUT2D eigenvalue weighted by Gasteiger charge is -2.23. The van der Waals surface area contributed by atoms with Gasteiger partial charge in [-0.05, 0) is 40.0 Å². The van der Waals surface area contributed by atoms with Crippen molar-refractivity contribution in [1.29, 1.82) is 0 Å². The predicted molar refractivity (Wildman–Crippen MR) is 73.6 cm³/mol. The number of hydrogen-bond donors (Lipinski definition) is 0. The van der Waals surface area contributed by atoms with E-state index in [0.29, 0.717) is 0 Å². The molecule has 0 spiro atoms. The summed E-state index contributed by atoms with van der Waals surface area (Å²) in [6.07, 6.45) is 2.62. The van der Waals surface area contributed by atoms with Crippen molar-refractivity contribution in [3.05, 3.63) is 0 Å². The molecule has 0 heterocycles. The fourth-order valence-corrected chi connectivity index (χ4v) is 1.73. The van der Waals surface area contributed by atoms with Crippen LogP contribution >= 0.6 is 0 Å². The minimum Gasteiger partial charge on any atom is -0.309 e. The van der Waals surface area contributed by atoms with E-state index in [1.54, 1.807) is 0 Å². The van der Waals surface area contributed by atoms with E-state index in [-0.39, 0.29) is 14.9 Å². The van der Waals surface area contributed by atoms with Crippen molar-refractivity contribution in [3.63, 3.8) is 0 Å². The molecule has 0 radical (unpaired) electrons. The van der Waals surface area contributed by atoms with E-state index in [1.807, 2.05) is 0 Å². The Hall–Kier alpha value is -0.0800. The second-order valence-corrected chi connectivity index (χ2v) is 4.48. The highest BCUT2D eigenvalue weighted by Gasteiger charge is 2.06. The number of unbranched alkanes of at least 4 members (excludes halogenated alkanes) is 1. The topological polar surface area (TPSA) is 6.48 Å². The third-order valence-corrected chi connectivity index (χ3v) is 2.19. The molecule has 2 heteroatoms. The maximum Gasteiger partial charge on any atom is 0.00162 e. The van der Waals surface area contributed by atoms with Gasteiger partial charge in [0.15, 0.2) is 0 Å². The smallest absolute Gasteiger partial charge is 0.00162 e. The first kappa shape index (κ1) is 20.3. The normalized spacial score (nSPS) is 12.2. The van der Waals surface area contributed by atoms with Crippen LogP contribution in [0.5, 0.6) is 0 Å². The van der Waals surface area contributed by atoms with Crippen molar-refractivity contribution in [2.45, 2.75) is 41.5 Å². The molecule has 0 aliphatic rings. The third-order valence-electron chi connectivity index (χ3n) is 2.19. The molecule has 2 nitrogen and oxygen atoms in total. The summed E-state index contributed by atoms with van der Waals surface area (Å²) in [5, 5.41) is 0. The molecule has 96 valence electrons. The summed E-state index contributed by atoms with van der Waals surface area (Å²) in [6.45, 7) is 8.22. The van der Waals surface area contributed by atoms with Crippen molar-refractivity contribution in [3.8, 4) is 0 Å². The highest BCUT2D eigenvalue weighted by atomic mass is 15.1. The molecule has 0 fully saturated rings. The zero-order valence-electron chi connectivity index (χ0n) is 10.0. The zero-order chi connectivity index (χ0) is 10.3. The lowest BCUT2D eigenvalue weighted by Crippen LogP contribution is -2.31. The van der Waals surface area contributed by atoms with Crippen LogP contribution in [0.1, 0.15) is 41.5 Å². The molecule has 0 saturated heterocycles. The molecule has 0 saturated carbocycles. The van der Waals surface area contributed by atoms with Gasteiger partial charge in [-0.15, -0.1) is 0 Å². The van der Waals surface area contributed by atoms with Gasteiger partial charge < -0.3 is 9.80 Å². The first-order chi connectivity index (χ1) is 6.06. The Labute approximate surface area is 98.6 Å². The van der Waals surface area contributed by atoms with Crippen LogP contribution in [0.25, 0.3) is 0 Å². The molecular weight excluding hydrogens is 184 g/mol. The first-order valence-electron chi connectivity index (χ1n) is 5.39. The first-order valence-corrected chi connectivity index (χ1v) is 5.39. The maximum atomic E-state index is 2.44. The van der Waals surface area contributed by atoms with E-state index >= 15 is 0 Å². The molecule has 0 aromatic carbocycles. The molecule has 0 aromatic rings. The van der Waals surface area contributed by atoms with Crippen molar-refractivity contribution >= 4 is 0 Å². The SMILES string of the molecule is C.C.CCCCN(C)CC(C)CN(C)C. The average Bonchev–Trinajstić information content (AvgIpc) is 1.98. The van der Waals surface area contributed by atoms with Crippen LogP contribution in [0.3, 0.4) is 0 Å². The van der Waals surface area contributed by atoms with E-state index in [2.05, 4.69) is 44.8 Å². The van der Waals surface area contributed by atoms with E-state index in [4.69, 9.17) is 0 Å². The second kappa shape index (κ2) is 12.0. The van der Waals surface area contributed by atoms with Crippen LogP contribution in [0.2, 0.25) is 0 Å². The highest BCUT2D eigenvalue weighted by Crippen LogP contribution is 2.00. The Kier molecular flexibility index (Phi) is 16.3. The summed E-state index contributed by atoms with van der Waals surface area (Å²) >= 11 is 0. The molecule has 15 heavy (non-hydrogen) atoms. The zero-order valence-corrected chi connectivity index (χ0v) is 10.0. The molecular formula is C13H34N2. The summed E-state index contributed by atoms with van der Waals surface area (Å²) in [7, 11) is 6.51. The van der Waals surface area contributed by atoms with Crippen LogP contribution in [0, 0.1) is 5.92 Å². The highest BCUT2D eigenvalue weighted by molar-refractivity contribution is 4.61. The molecule has 1 unspecified atom stereocenters. The standard InChI is InChI=1S/C11H26N2.2CH4/c1-6-7-8-13(5)10-11(2)9-12(3)4;;/h11H,6-10H2,1-5H3;2*1H4. The molecule has 0 amide bonds. The lowest BCUT2D eigenvalue weighted by atomic mass is 10.1. The molecule has 0 aliphatic heterocycles. The molecule has 0 aromatic heterocycles. The summed E-state index contributed by atoms with van der Waals surface area (Å²) in [5.41, 5.74) is 0. The monoisotopic (exact) mass is 218 g/mol. The molecule has 0 bridgehead atoms. The second-order valence-electron chi connectivity index (χ2n) is 4.48. The lowest BCUT2D eigenvalue weighted by molar-refractivity contribution is 0.242. The molecule has 0 aliphatic carbocycles. The summed E-state index contributed by atoms with van der Waals surface area (Å²) in [4.78, 5) is 4.70. The third kappa shape index (κ3) is 13.9. The van der Waals surface area contributed by atoms with Gasteiger partial charge in [-0.2, -0.15) is 0 Å². The fourth-order valence-electron chi connectivity index (χ4n) is 1.73. The van der Waals surface area contributed by atoms with E-state index < -0.39 is 0 Å². The maximum absolute atomic E-state index is 2.44. The van der Waals surface area contributed by atoms with Gasteiger partial charge in [-0.25, -0.2) is 0 Å². The quantitative estimate of drug-likeness (QED) is 0.647. The largest absolute Gasteiger partial charge is 0.309 e. The van der Waals surface area contributed by atoms with Crippen molar-refractivity contribution in [2.75, 3.05) is 40.8 Å². The minimum atomic E-state index is 0. The van der Waals surface area contributed by atoms with Crippen LogP contribution in [0.15, 0.2) is 0 Å². The minimum absolute atomic E-state index is 0. The van der Waals surface area contributed by atoms with E-state index in [1.165, 1.54) is 32.5 Å². The van der Waals surface area contributed by atoms with Gasteiger partial charge in [0.05, 0.1) is 0 Å². The van der Waals surface area contributed by atoms with Crippen LogP contribution in [-0.2, 0) is 0 Å². The molecule has 1 atom stereocenters. The van der Waals surface area contributed by atoms with Gasteiger partial charge in [0.25, 0.3) is 0 Å². The van der Waals surface area contributed by atoms with Crippen molar-refractivity contribution in [2.24, 2.45) is 5.92 Å². The number of nitrogens with zero attached hydrogens (tertiary/aromatic N) is 2. The van der Waals surface area contributed by atoms with Gasteiger partial charge in [0.1, 0.15) is 0 Å². The summed E-state index contributed by atoms with van der Waals surface area (Å²) in [5.74, 6) is 0.775. The Balaban J connectivity index is -0.000000720. The van der Waals surface area contributed by atoms with Gasteiger partial charge in [-0.3, -0.25) is 0 Å². The predicted octanol–water partition coefficient (Wildman–Crippen LogP) is 3.19. The molecule has 0 N–H and O–H groups in total. The summed E-state index contributed by atoms with van der Waals surface area (Å²) in [6, 6.07) is 0. The Morgan fingerprint density at radius 2 is 1.53 bits per heavy atom. The number of hydrogen-bond acceptors (Lipinski definition) is 2. The van der Waals surface area contributed by atoms with Crippen LogP contribution in [0.4, 0.5) is 0 Å². The average molecular weight is 218 g/mol. The van der Waals surface area contributed by atoms with E-state index in [9.17, 15) is 0 Å². The fraction of sp³-hybridized carbons (Fsp3) is 1.00. The van der Waals surface area contributed by atoms with Crippen molar-refractivity contribution in [1.82, 2.24) is 9.80 Å². The van der Waals surface area contributed by atoms with Crippen LogP contribution < -0.4 is 0 Å². The van der Waals surface area contributed by atoms with Gasteiger partial charge in [-0.1, -0.05) is 35.1 Å². The molecule has 0 rings (SSSR count). The Morgan fingerprint density at radius 1 is 1.00 bits per heavy atom.